The first-order valence-corrected chi connectivity index (χ1v) is 8.70. The Kier molecular flexibility index (Phi) is 5.32. The monoisotopic (exact) mass is 360 g/mol. The molecule has 8 heteroatoms. The summed E-state index contributed by atoms with van der Waals surface area (Å²) in [5.41, 5.74) is -1.85. The highest BCUT2D eigenvalue weighted by Gasteiger charge is 2.52. The van der Waals surface area contributed by atoms with Crippen LogP contribution in [0.3, 0.4) is 0 Å². The molecule has 0 bridgehead atoms. The number of amides is 2. The van der Waals surface area contributed by atoms with Crippen molar-refractivity contribution in [2.75, 3.05) is 25.5 Å². The van der Waals surface area contributed by atoms with E-state index in [0.717, 1.165) is 0 Å². The highest BCUT2D eigenvalue weighted by Crippen LogP contribution is 2.35. The molecule has 0 radical (unpaired) electrons. The van der Waals surface area contributed by atoms with Crippen LogP contribution in [0.2, 0.25) is 0 Å². The van der Waals surface area contributed by atoms with Gasteiger partial charge in [0.25, 0.3) is 0 Å². The zero-order chi connectivity index (χ0) is 18.1. The second kappa shape index (κ2) is 6.78. The van der Waals surface area contributed by atoms with Gasteiger partial charge in [0.2, 0.25) is 5.91 Å². The van der Waals surface area contributed by atoms with E-state index in [0.29, 0.717) is 12.4 Å². The third kappa shape index (κ3) is 3.77. The van der Waals surface area contributed by atoms with E-state index in [-0.39, 0.29) is 44.2 Å². The number of ether oxygens (including phenoxy) is 1. The lowest BCUT2D eigenvalue weighted by molar-refractivity contribution is -0.160. The number of hydrogen-bond donors (Lipinski definition) is 1. The molecule has 24 heavy (non-hydrogen) atoms. The number of nitrogens with zero attached hydrogens (tertiary/aromatic N) is 2. The molecule has 0 aromatic carbocycles. The zero-order valence-corrected chi connectivity index (χ0v) is 15.1. The van der Waals surface area contributed by atoms with Crippen molar-refractivity contribution in [2.45, 2.75) is 51.2 Å². The van der Waals surface area contributed by atoms with Crippen LogP contribution in [0, 0.1) is 5.92 Å². The Morgan fingerprint density at radius 3 is 2.33 bits per heavy atom. The maximum Gasteiger partial charge on any atom is 0.410 e. The molecule has 2 amide bonds. The van der Waals surface area contributed by atoms with Crippen LogP contribution >= 0.6 is 11.6 Å². The summed E-state index contributed by atoms with van der Waals surface area (Å²) in [7, 11) is 0. The van der Waals surface area contributed by atoms with Gasteiger partial charge in [0.05, 0.1) is 0 Å². The molecule has 2 aliphatic heterocycles. The van der Waals surface area contributed by atoms with Crippen molar-refractivity contribution in [3.8, 4) is 0 Å². The van der Waals surface area contributed by atoms with Gasteiger partial charge in [-0.15, -0.1) is 11.6 Å². The van der Waals surface area contributed by atoms with Crippen LogP contribution < -0.4 is 0 Å². The summed E-state index contributed by atoms with van der Waals surface area (Å²) in [6.45, 7) is 6.21. The third-order valence-corrected chi connectivity index (χ3v) is 5.02. The molecule has 136 valence electrons. The summed E-state index contributed by atoms with van der Waals surface area (Å²) in [6.07, 6.45) is 0.228. The van der Waals surface area contributed by atoms with Crippen LogP contribution in [-0.2, 0) is 14.3 Å². The van der Waals surface area contributed by atoms with E-state index in [9.17, 15) is 19.5 Å². The van der Waals surface area contributed by atoms with Crippen molar-refractivity contribution < 1.29 is 24.2 Å². The molecule has 0 spiro atoms. The van der Waals surface area contributed by atoms with Crippen molar-refractivity contribution in [3.05, 3.63) is 0 Å². The Balaban J connectivity index is 2.09. The van der Waals surface area contributed by atoms with Crippen molar-refractivity contribution in [1.29, 1.82) is 0 Å². The number of carbonyl (C=O) groups is 3. The number of aliphatic carboxylic acids is 1. The van der Waals surface area contributed by atoms with E-state index >= 15 is 0 Å². The molecule has 2 fully saturated rings. The molecule has 0 aromatic heterocycles. The van der Waals surface area contributed by atoms with Gasteiger partial charge in [-0.2, -0.15) is 0 Å². The SMILES string of the molecule is CC(C)(C)OC(=O)N1CCC(C(=O)O)(N2CC(CCl)CC2=O)CC1. The summed E-state index contributed by atoms with van der Waals surface area (Å²) in [5.74, 6) is -0.870. The first-order valence-electron chi connectivity index (χ1n) is 8.17. The fourth-order valence-electron chi connectivity index (χ4n) is 3.28. The van der Waals surface area contributed by atoms with Crippen LogP contribution in [0.5, 0.6) is 0 Å². The predicted molar refractivity (Wildman–Crippen MR) is 87.9 cm³/mol. The lowest BCUT2D eigenvalue weighted by Crippen LogP contribution is -2.61. The molecule has 2 rings (SSSR count). The summed E-state index contributed by atoms with van der Waals surface area (Å²) in [5, 5.41) is 9.78. The minimum absolute atomic E-state index is 0.0146. The molecule has 1 unspecified atom stereocenters. The van der Waals surface area contributed by atoms with Gasteiger partial charge in [-0.1, -0.05) is 0 Å². The second-order valence-electron chi connectivity index (χ2n) is 7.53. The van der Waals surface area contributed by atoms with E-state index < -0.39 is 23.2 Å². The van der Waals surface area contributed by atoms with Crippen LogP contribution in [0.15, 0.2) is 0 Å². The van der Waals surface area contributed by atoms with Gasteiger partial charge in [0, 0.05) is 31.9 Å². The zero-order valence-electron chi connectivity index (χ0n) is 14.4. The van der Waals surface area contributed by atoms with E-state index in [1.54, 1.807) is 20.8 Å². The Bertz CT molecular complexity index is 523. The minimum Gasteiger partial charge on any atom is -0.479 e. The van der Waals surface area contributed by atoms with E-state index in [4.69, 9.17) is 16.3 Å². The smallest absolute Gasteiger partial charge is 0.410 e. The highest BCUT2D eigenvalue weighted by molar-refractivity contribution is 6.18. The van der Waals surface area contributed by atoms with Gasteiger partial charge in [-0.25, -0.2) is 9.59 Å². The summed E-state index contributed by atoms with van der Waals surface area (Å²) < 4.78 is 5.33. The van der Waals surface area contributed by atoms with Crippen LogP contribution in [0.1, 0.15) is 40.0 Å². The number of halogens is 1. The number of piperidine rings is 1. The highest BCUT2D eigenvalue weighted by atomic mass is 35.5. The lowest BCUT2D eigenvalue weighted by Gasteiger charge is -2.44. The lowest BCUT2D eigenvalue weighted by atomic mass is 9.85. The molecular weight excluding hydrogens is 336 g/mol. The molecule has 2 heterocycles. The Labute approximate surface area is 146 Å². The van der Waals surface area contributed by atoms with E-state index in [1.165, 1.54) is 9.80 Å². The van der Waals surface area contributed by atoms with Crippen molar-refractivity contribution >= 4 is 29.6 Å². The Morgan fingerprint density at radius 2 is 1.92 bits per heavy atom. The van der Waals surface area contributed by atoms with Gasteiger partial charge >= 0.3 is 12.1 Å². The summed E-state index contributed by atoms with van der Waals surface area (Å²) in [4.78, 5) is 39.3. The Hall–Kier alpha value is -1.50. The molecule has 0 aromatic rings. The normalized spacial score (nSPS) is 24.2. The van der Waals surface area contributed by atoms with Crippen LogP contribution in [-0.4, -0.2) is 69.5 Å². The molecule has 1 atom stereocenters. The average molecular weight is 361 g/mol. The molecule has 0 saturated carbocycles. The van der Waals surface area contributed by atoms with Crippen molar-refractivity contribution in [3.63, 3.8) is 0 Å². The number of carbonyl (C=O) groups excluding carboxylic acids is 2. The topological polar surface area (TPSA) is 87.2 Å². The molecule has 1 N–H and O–H groups in total. The quantitative estimate of drug-likeness (QED) is 0.777. The van der Waals surface area contributed by atoms with E-state index in [1.807, 2.05) is 0 Å². The molecular formula is C16H25ClN2O5. The Morgan fingerprint density at radius 1 is 1.33 bits per heavy atom. The largest absolute Gasteiger partial charge is 0.479 e. The number of carboxylic acid groups (broad SMARTS) is 1. The van der Waals surface area contributed by atoms with E-state index in [2.05, 4.69) is 0 Å². The summed E-state index contributed by atoms with van der Waals surface area (Å²) in [6, 6.07) is 0. The number of carboxylic acids is 1. The van der Waals surface area contributed by atoms with Crippen molar-refractivity contribution in [2.24, 2.45) is 5.92 Å². The van der Waals surface area contributed by atoms with Crippen molar-refractivity contribution in [1.82, 2.24) is 9.80 Å². The van der Waals surface area contributed by atoms with Gasteiger partial charge < -0.3 is 19.6 Å². The second-order valence-corrected chi connectivity index (χ2v) is 7.84. The number of likely N-dealkylation sites (tertiary alicyclic amines) is 2. The molecule has 7 nitrogen and oxygen atoms in total. The first kappa shape index (κ1) is 18.8. The standard InChI is InChI=1S/C16H25ClN2O5/c1-15(2,3)24-14(23)18-6-4-16(5-7-18,13(21)22)19-10-11(9-17)8-12(19)20/h11H,4-10H2,1-3H3,(H,21,22). The van der Waals surface area contributed by atoms with Crippen LogP contribution in [0.4, 0.5) is 4.79 Å². The van der Waals surface area contributed by atoms with Crippen LogP contribution in [0.25, 0.3) is 0 Å². The van der Waals surface area contributed by atoms with Gasteiger partial charge in [0.15, 0.2) is 0 Å². The molecule has 2 saturated heterocycles. The minimum atomic E-state index is -1.25. The van der Waals surface area contributed by atoms with Gasteiger partial charge in [0.1, 0.15) is 11.1 Å². The number of hydrogen-bond acceptors (Lipinski definition) is 4. The maximum atomic E-state index is 12.3. The fourth-order valence-corrected chi connectivity index (χ4v) is 3.49. The maximum absolute atomic E-state index is 12.3. The number of alkyl halides is 1. The fraction of sp³-hybridized carbons (Fsp3) is 0.812. The molecule has 2 aliphatic rings. The third-order valence-electron chi connectivity index (χ3n) is 4.58. The average Bonchev–Trinajstić information content (AvgIpc) is 2.87. The van der Waals surface area contributed by atoms with Gasteiger partial charge in [-0.3, -0.25) is 4.79 Å². The summed E-state index contributed by atoms with van der Waals surface area (Å²) >= 11 is 5.83. The molecule has 0 aliphatic carbocycles. The number of rotatable bonds is 3. The first-order chi connectivity index (χ1) is 11.1. The van der Waals surface area contributed by atoms with Gasteiger partial charge in [-0.05, 0) is 39.5 Å². The predicted octanol–water partition coefficient (Wildman–Crippen LogP) is 1.93.